The van der Waals surface area contributed by atoms with E-state index >= 15 is 0 Å². The van der Waals surface area contributed by atoms with Crippen LogP contribution in [0.3, 0.4) is 0 Å². The van der Waals surface area contributed by atoms with E-state index in [1.54, 1.807) is 7.11 Å². The molecule has 1 aromatic carbocycles. The van der Waals surface area contributed by atoms with Gasteiger partial charge in [-0.15, -0.1) is 0 Å². The van der Waals surface area contributed by atoms with Crippen molar-refractivity contribution >= 4 is 0 Å². The summed E-state index contributed by atoms with van der Waals surface area (Å²) in [5.74, 6) is 0. The third-order valence-corrected chi connectivity index (χ3v) is 3.59. The first-order valence-electron chi connectivity index (χ1n) is 5.48. The molecular formula is C13H18O2. The molecule has 1 saturated carbocycles. The molecule has 1 N–H and O–H groups in total. The quantitative estimate of drug-likeness (QED) is 0.823. The fraction of sp³-hybridized carbons (Fsp3) is 0.538. The molecule has 0 heterocycles. The molecule has 0 spiro atoms. The van der Waals surface area contributed by atoms with Crippen molar-refractivity contribution in [2.24, 2.45) is 0 Å². The molecule has 1 fully saturated rings. The molecule has 0 aromatic heterocycles. The van der Waals surface area contributed by atoms with E-state index in [9.17, 15) is 5.11 Å². The molecule has 1 unspecified atom stereocenters. The maximum Gasteiger partial charge on any atom is 0.108 e. The van der Waals surface area contributed by atoms with E-state index < -0.39 is 6.10 Å². The van der Waals surface area contributed by atoms with Crippen LogP contribution in [0.4, 0.5) is 0 Å². The van der Waals surface area contributed by atoms with E-state index in [0.29, 0.717) is 0 Å². The minimum atomic E-state index is -0.488. The van der Waals surface area contributed by atoms with Crippen molar-refractivity contribution < 1.29 is 9.84 Å². The van der Waals surface area contributed by atoms with Crippen LogP contribution in [-0.4, -0.2) is 17.8 Å². The maximum atomic E-state index is 10.3. The normalized spacial score (nSPS) is 20.7. The highest BCUT2D eigenvalue weighted by Gasteiger charge is 2.44. The average Bonchev–Trinajstić information content (AvgIpc) is 2.17. The Hall–Kier alpha value is -0.860. The zero-order valence-electron chi connectivity index (χ0n) is 9.36. The summed E-state index contributed by atoms with van der Waals surface area (Å²) in [6, 6.07) is 7.97. The summed E-state index contributed by atoms with van der Waals surface area (Å²) in [5.41, 5.74) is 1.80. The first-order chi connectivity index (χ1) is 7.19. The van der Waals surface area contributed by atoms with Gasteiger partial charge in [0.25, 0.3) is 0 Å². The fourth-order valence-electron chi connectivity index (χ4n) is 2.29. The largest absolute Gasteiger partial charge is 0.385 e. The standard InChI is InChI=1S/C13H18O2/c1-10-6-3-4-7-11(10)12(14)13(15-2)8-5-9-13/h3-4,6-7,12,14H,5,8-9H2,1-2H3. The Morgan fingerprint density at radius 2 is 2.00 bits per heavy atom. The van der Waals surface area contributed by atoms with Gasteiger partial charge >= 0.3 is 0 Å². The van der Waals surface area contributed by atoms with Crippen LogP contribution in [0.25, 0.3) is 0 Å². The predicted molar refractivity (Wildman–Crippen MR) is 59.7 cm³/mol. The maximum absolute atomic E-state index is 10.3. The van der Waals surface area contributed by atoms with E-state index in [1.165, 1.54) is 0 Å². The number of rotatable bonds is 3. The Balaban J connectivity index is 2.27. The van der Waals surface area contributed by atoms with Crippen molar-refractivity contribution in [1.82, 2.24) is 0 Å². The zero-order chi connectivity index (χ0) is 10.9. The highest BCUT2D eigenvalue weighted by atomic mass is 16.5. The Kier molecular flexibility index (Phi) is 2.81. The van der Waals surface area contributed by atoms with Crippen LogP contribution in [0.15, 0.2) is 24.3 Å². The van der Waals surface area contributed by atoms with Crippen molar-refractivity contribution in [3.05, 3.63) is 35.4 Å². The van der Waals surface area contributed by atoms with Crippen LogP contribution in [0, 0.1) is 6.92 Å². The predicted octanol–water partition coefficient (Wildman–Crippen LogP) is 2.60. The Morgan fingerprint density at radius 3 is 2.47 bits per heavy atom. The average molecular weight is 206 g/mol. The third-order valence-electron chi connectivity index (χ3n) is 3.59. The van der Waals surface area contributed by atoms with Crippen molar-refractivity contribution in [3.8, 4) is 0 Å². The second-order valence-corrected chi connectivity index (χ2v) is 4.38. The fourth-order valence-corrected chi connectivity index (χ4v) is 2.29. The monoisotopic (exact) mass is 206 g/mol. The van der Waals surface area contributed by atoms with Gasteiger partial charge in [-0.25, -0.2) is 0 Å². The summed E-state index contributed by atoms with van der Waals surface area (Å²) in [6.45, 7) is 2.03. The summed E-state index contributed by atoms with van der Waals surface area (Å²) >= 11 is 0. The van der Waals surface area contributed by atoms with Crippen LogP contribution < -0.4 is 0 Å². The molecule has 2 nitrogen and oxygen atoms in total. The van der Waals surface area contributed by atoms with Gasteiger partial charge in [-0.1, -0.05) is 24.3 Å². The minimum Gasteiger partial charge on any atom is -0.385 e. The Bertz CT molecular complexity index is 337. The number of benzene rings is 1. The zero-order valence-corrected chi connectivity index (χ0v) is 9.36. The second-order valence-electron chi connectivity index (χ2n) is 4.38. The molecule has 0 saturated heterocycles. The molecule has 1 aliphatic rings. The minimum absolute atomic E-state index is 0.327. The van der Waals surface area contributed by atoms with Gasteiger partial charge in [0.15, 0.2) is 0 Å². The molecule has 1 aliphatic carbocycles. The number of aliphatic hydroxyl groups excluding tert-OH is 1. The molecule has 0 amide bonds. The van der Waals surface area contributed by atoms with Crippen LogP contribution >= 0.6 is 0 Å². The van der Waals surface area contributed by atoms with Gasteiger partial charge in [-0.3, -0.25) is 0 Å². The molecule has 2 rings (SSSR count). The third kappa shape index (κ3) is 1.68. The lowest BCUT2D eigenvalue weighted by atomic mass is 9.73. The summed E-state index contributed by atoms with van der Waals surface area (Å²) < 4.78 is 5.49. The van der Waals surface area contributed by atoms with Gasteiger partial charge < -0.3 is 9.84 Å². The summed E-state index contributed by atoms with van der Waals surface area (Å²) in [5, 5.41) is 10.3. The number of ether oxygens (including phenoxy) is 1. The molecular weight excluding hydrogens is 188 g/mol. The number of aliphatic hydroxyl groups is 1. The van der Waals surface area contributed by atoms with Crippen LogP contribution in [-0.2, 0) is 4.74 Å². The first kappa shape index (κ1) is 10.7. The van der Waals surface area contributed by atoms with E-state index in [0.717, 1.165) is 30.4 Å². The Labute approximate surface area is 90.9 Å². The van der Waals surface area contributed by atoms with Crippen molar-refractivity contribution in [3.63, 3.8) is 0 Å². The molecule has 0 radical (unpaired) electrons. The second kappa shape index (κ2) is 3.95. The number of hydrogen-bond acceptors (Lipinski definition) is 2. The smallest absolute Gasteiger partial charge is 0.108 e. The molecule has 82 valence electrons. The van der Waals surface area contributed by atoms with E-state index in [2.05, 4.69) is 0 Å². The number of hydrogen-bond donors (Lipinski definition) is 1. The molecule has 0 bridgehead atoms. The van der Waals surface area contributed by atoms with Gasteiger partial charge in [0.2, 0.25) is 0 Å². The SMILES string of the molecule is COC1(C(O)c2ccccc2C)CCC1. The van der Waals surface area contributed by atoms with Crippen LogP contribution in [0.2, 0.25) is 0 Å². The first-order valence-corrected chi connectivity index (χ1v) is 5.48. The van der Waals surface area contributed by atoms with Gasteiger partial charge in [-0.2, -0.15) is 0 Å². The van der Waals surface area contributed by atoms with E-state index in [4.69, 9.17) is 4.74 Å². The lowest BCUT2D eigenvalue weighted by Crippen LogP contribution is -2.45. The lowest BCUT2D eigenvalue weighted by molar-refractivity contribution is -0.152. The molecule has 1 aromatic rings. The number of methoxy groups -OCH3 is 1. The highest BCUT2D eigenvalue weighted by Crippen LogP contribution is 2.45. The molecule has 15 heavy (non-hydrogen) atoms. The van der Waals surface area contributed by atoms with Crippen LogP contribution in [0.5, 0.6) is 0 Å². The van der Waals surface area contributed by atoms with Crippen molar-refractivity contribution in [1.29, 1.82) is 0 Å². The summed E-state index contributed by atoms with van der Waals surface area (Å²) in [7, 11) is 1.70. The van der Waals surface area contributed by atoms with Gasteiger partial charge in [0.1, 0.15) is 6.10 Å². The molecule has 1 atom stereocenters. The molecule has 0 aliphatic heterocycles. The topological polar surface area (TPSA) is 29.5 Å². The van der Waals surface area contributed by atoms with Crippen molar-refractivity contribution in [2.45, 2.75) is 37.9 Å². The van der Waals surface area contributed by atoms with Gasteiger partial charge in [0, 0.05) is 7.11 Å². The highest BCUT2D eigenvalue weighted by molar-refractivity contribution is 5.30. The van der Waals surface area contributed by atoms with Gasteiger partial charge in [0.05, 0.1) is 5.60 Å². The Morgan fingerprint density at radius 1 is 1.33 bits per heavy atom. The van der Waals surface area contributed by atoms with Crippen molar-refractivity contribution in [2.75, 3.05) is 7.11 Å². The lowest BCUT2D eigenvalue weighted by Gasteiger charge is -2.44. The van der Waals surface area contributed by atoms with E-state index in [1.807, 2.05) is 31.2 Å². The van der Waals surface area contributed by atoms with Gasteiger partial charge in [-0.05, 0) is 37.3 Å². The number of aryl methyl sites for hydroxylation is 1. The summed E-state index contributed by atoms with van der Waals surface area (Å²) in [4.78, 5) is 0. The van der Waals surface area contributed by atoms with E-state index in [-0.39, 0.29) is 5.60 Å². The molecule has 2 heteroatoms. The van der Waals surface area contributed by atoms with Crippen LogP contribution in [0.1, 0.15) is 36.5 Å². The summed E-state index contributed by atoms with van der Waals surface area (Å²) in [6.07, 6.45) is 2.58.